The summed E-state index contributed by atoms with van der Waals surface area (Å²) in [6.45, 7) is 7.58. The number of halogens is 1. The Labute approximate surface area is 191 Å². The van der Waals surface area contributed by atoms with Crippen molar-refractivity contribution in [2.75, 3.05) is 6.61 Å². The van der Waals surface area contributed by atoms with Crippen LogP contribution < -0.4 is 4.74 Å². The topological polar surface area (TPSA) is 26.3 Å². The number of carbonyl (C=O) groups is 1. The molecule has 2 nitrogen and oxygen atoms in total. The maximum absolute atomic E-state index is 11.7. The highest BCUT2D eigenvalue weighted by Gasteiger charge is 2.19. The van der Waals surface area contributed by atoms with Gasteiger partial charge >= 0.3 is 0 Å². The van der Waals surface area contributed by atoms with Crippen LogP contribution in [0.25, 0.3) is 0 Å². The Morgan fingerprint density at radius 2 is 1.37 bits per heavy atom. The summed E-state index contributed by atoms with van der Waals surface area (Å²) in [7, 11) is 0. The Morgan fingerprint density at radius 3 is 2.00 bits per heavy atom. The van der Waals surface area contributed by atoms with Gasteiger partial charge in [0, 0.05) is 0 Å². The summed E-state index contributed by atoms with van der Waals surface area (Å²) >= 11 is 5.73. The highest BCUT2D eigenvalue weighted by molar-refractivity contribution is 6.68. The summed E-state index contributed by atoms with van der Waals surface area (Å²) in [6.07, 6.45) is 18.5. The lowest BCUT2D eigenvalue weighted by Gasteiger charge is -2.25. The van der Waals surface area contributed by atoms with Crippen molar-refractivity contribution in [1.82, 2.24) is 0 Å². The van der Waals surface area contributed by atoms with Crippen LogP contribution >= 0.6 is 11.6 Å². The van der Waals surface area contributed by atoms with Crippen molar-refractivity contribution in [2.45, 2.75) is 111 Å². The second-order valence-electron chi connectivity index (χ2n) is 8.93. The van der Waals surface area contributed by atoms with E-state index >= 15 is 0 Å². The minimum atomic E-state index is -0.446. The van der Waals surface area contributed by atoms with E-state index in [4.69, 9.17) is 16.3 Å². The molecule has 0 aliphatic heterocycles. The van der Waals surface area contributed by atoms with Gasteiger partial charge in [0.05, 0.1) is 12.2 Å². The number of hydrogen-bond acceptors (Lipinski definition) is 2. The minimum Gasteiger partial charge on any atom is -0.492 e. The molecule has 0 radical (unpaired) electrons. The average molecular weight is 437 g/mol. The molecule has 2 atom stereocenters. The molecule has 0 amide bonds. The maximum Gasteiger partial charge on any atom is 0.256 e. The molecule has 0 spiro atoms. The maximum atomic E-state index is 11.7. The van der Waals surface area contributed by atoms with E-state index in [0.717, 1.165) is 0 Å². The minimum absolute atomic E-state index is 0.446. The number of unbranched alkanes of at least 4 members (excludes halogenated alkanes) is 10. The number of carbonyl (C=O) groups excluding carboxylic acids is 1. The first-order chi connectivity index (χ1) is 14.6. The summed E-state index contributed by atoms with van der Waals surface area (Å²) in [5, 5.41) is -0.446. The fourth-order valence-electron chi connectivity index (χ4n) is 4.15. The predicted octanol–water partition coefficient (Wildman–Crippen LogP) is 9.20. The summed E-state index contributed by atoms with van der Waals surface area (Å²) in [6, 6.07) is 7.33. The van der Waals surface area contributed by atoms with Crippen LogP contribution in [0.2, 0.25) is 0 Å². The van der Waals surface area contributed by atoms with Gasteiger partial charge in [0.25, 0.3) is 5.24 Å². The summed E-state index contributed by atoms with van der Waals surface area (Å²) in [5.41, 5.74) is 0.473. The second-order valence-corrected chi connectivity index (χ2v) is 9.27. The van der Waals surface area contributed by atoms with Crippen molar-refractivity contribution in [3.63, 3.8) is 0 Å². The summed E-state index contributed by atoms with van der Waals surface area (Å²) in [4.78, 5) is 11.7. The SMILES string of the molecule is CCCCCCCCCCC(COc1ccccc1C(=O)Cl)C(C)CCCCCC. The molecule has 1 aromatic carbocycles. The van der Waals surface area contributed by atoms with Crippen molar-refractivity contribution in [2.24, 2.45) is 11.8 Å². The van der Waals surface area contributed by atoms with Crippen LogP contribution in [-0.2, 0) is 0 Å². The third-order valence-corrected chi connectivity index (χ3v) is 6.50. The van der Waals surface area contributed by atoms with Crippen LogP contribution in [-0.4, -0.2) is 11.8 Å². The lowest BCUT2D eigenvalue weighted by molar-refractivity contribution is 0.107. The zero-order chi connectivity index (χ0) is 22.0. The van der Waals surface area contributed by atoms with Crippen LogP contribution in [0.5, 0.6) is 5.75 Å². The summed E-state index contributed by atoms with van der Waals surface area (Å²) < 4.78 is 6.13. The molecular formula is C27H45ClO2. The first-order valence-electron chi connectivity index (χ1n) is 12.5. The number of benzene rings is 1. The van der Waals surface area contributed by atoms with Crippen molar-refractivity contribution >= 4 is 16.8 Å². The van der Waals surface area contributed by atoms with E-state index in [1.165, 1.54) is 89.9 Å². The van der Waals surface area contributed by atoms with Crippen LogP contribution in [0.3, 0.4) is 0 Å². The molecule has 0 aliphatic rings. The third-order valence-electron chi connectivity index (χ3n) is 6.30. The molecule has 30 heavy (non-hydrogen) atoms. The van der Waals surface area contributed by atoms with Crippen molar-refractivity contribution in [3.05, 3.63) is 29.8 Å². The fourth-order valence-corrected chi connectivity index (χ4v) is 4.31. The third kappa shape index (κ3) is 12.0. The zero-order valence-electron chi connectivity index (χ0n) is 19.8. The first kappa shape index (κ1) is 27.0. The quantitative estimate of drug-likeness (QED) is 0.159. The average Bonchev–Trinajstić information content (AvgIpc) is 2.75. The highest BCUT2D eigenvalue weighted by atomic mass is 35.5. The van der Waals surface area contributed by atoms with E-state index in [2.05, 4.69) is 20.8 Å². The Kier molecular flexibility index (Phi) is 15.9. The van der Waals surface area contributed by atoms with Crippen LogP contribution in [0.1, 0.15) is 121 Å². The number of para-hydroxylation sites is 1. The van der Waals surface area contributed by atoms with E-state index in [1.54, 1.807) is 6.07 Å². The van der Waals surface area contributed by atoms with Crippen LogP contribution in [0.15, 0.2) is 24.3 Å². The van der Waals surface area contributed by atoms with E-state index in [-0.39, 0.29) is 0 Å². The van der Waals surface area contributed by atoms with Gasteiger partial charge in [-0.1, -0.05) is 116 Å². The smallest absolute Gasteiger partial charge is 0.256 e. The molecule has 0 aliphatic carbocycles. The van der Waals surface area contributed by atoms with Gasteiger partial charge in [-0.3, -0.25) is 4.79 Å². The number of ether oxygens (including phenoxy) is 1. The number of rotatable bonds is 19. The van der Waals surface area contributed by atoms with Gasteiger partial charge in [0.1, 0.15) is 5.75 Å². The van der Waals surface area contributed by atoms with Crippen LogP contribution in [0, 0.1) is 11.8 Å². The summed E-state index contributed by atoms with van der Waals surface area (Å²) in [5.74, 6) is 1.80. The van der Waals surface area contributed by atoms with E-state index in [0.29, 0.717) is 29.8 Å². The van der Waals surface area contributed by atoms with Gasteiger partial charge in [-0.15, -0.1) is 0 Å². The lowest BCUT2D eigenvalue weighted by Crippen LogP contribution is -2.20. The standard InChI is InChI=1S/C27H45ClO2/c1-4-6-8-10-11-12-13-15-19-24(23(3)18-14-9-7-5-2)22-30-26-21-17-16-20-25(26)27(28)29/h16-17,20-21,23-24H,4-15,18-19,22H2,1-3H3. The van der Waals surface area contributed by atoms with Gasteiger partial charge in [-0.25, -0.2) is 0 Å². The normalized spacial score (nSPS) is 13.2. The molecule has 2 unspecified atom stereocenters. The van der Waals surface area contributed by atoms with Crippen molar-refractivity contribution in [3.8, 4) is 5.75 Å². The van der Waals surface area contributed by atoms with Gasteiger partial charge in [0.2, 0.25) is 0 Å². The van der Waals surface area contributed by atoms with Gasteiger partial charge < -0.3 is 4.74 Å². The van der Waals surface area contributed by atoms with Crippen molar-refractivity contribution in [1.29, 1.82) is 0 Å². The Hall–Kier alpha value is -1.02. The van der Waals surface area contributed by atoms with E-state index in [1.807, 2.05) is 18.2 Å². The Morgan fingerprint density at radius 1 is 0.833 bits per heavy atom. The molecule has 0 N–H and O–H groups in total. The molecule has 0 bridgehead atoms. The Balaban J connectivity index is 2.50. The molecule has 0 fully saturated rings. The van der Waals surface area contributed by atoms with E-state index < -0.39 is 5.24 Å². The molecule has 0 saturated carbocycles. The van der Waals surface area contributed by atoms with Crippen LogP contribution in [0.4, 0.5) is 0 Å². The van der Waals surface area contributed by atoms with Gasteiger partial charge in [-0.05, 0) is 42.0 Å². The van der Waals surface area contributed by atoms with Crippen molar-refractivity contribution < 1.29 is 9.53 Å². The molecular weight excluding hydrogens is 392 g/mol. The molecule has 3 heteroatoms. The molecule has 0 saturated heterocycles. The predicted molar refractivity (Wildman–Crippen MR) is 131 cm³/mol. The molecule has 0 heterocycles. The van der Waals surface area contributed by atoms with E-state index in [9.17, 15) is 4.79 Å². The molecule has 1 rings (SSSR count). The second kappa shape index (κ2) is 17.6. The zero-order valence-corrected chi connectivity index (χ0v) is 20.5. The molecule has 172 valence electrons. The molecule has 0 aromatic heterocycles. The molecule has 1 aromatic rings. The largest absolute Gasteiger partial charge is 0.492 e. The number of hydrogen-bond donors (Lipinski definition) is 0. The van der Waals surface area contributed by atoms with Gasteiger partial charge in [0.15, 0.2) is 0 Å². The van der Waals surface area contributed by atoms with Gasteiger partial charge in [-0.2, -0.15) is 0 Å². The lowest BCUT2D eigenvalue weighted by atomic mass is 9.85. The monoisotopic (exact) mass is 436 g/mol. The fraction of sp³-hybridized carbons (Fsp3) is 0.741. The Bertz CT molecular complexity index is 558. The first-order valence-corrected chi connectivity index (χ1v) is 12.9. The highest BCUT2D eigenvalue weighted by Crippen LogP contribution is 2.27.